The largest absolute Gasteiger partial charge is 0.491 e. The summed E-state index contributed by atoms with van der Waals surface area (Å²) in [4.78, 5) is 36.8. The minimum absolute atomic E-state index is 0.120. The number of ketones is 1. The van der Waals surface area contributed by atoms with E-state index in [0.717, 1.165) is 16.7 Å². The number of morpholine rings is 1. The summed E-state index contributed by atoms with van der Waals surface area (Å²) in [5.74, 6) is -3.39. The maximum absolute atomic E-state index is 12.6. The molecule has 0 amide bonds. The quantitative estimate of drug-likeness (QED) is 0.214. The summed E-state index contributed by atoms with van der Waals surface area (Å²) in [6.45, 7) is 1.24. The lowest BCUT2D eigenvalue weighted by atomic mass is 10.0. The fourth-order valence-corrected chi connectivity index (χ4v) is 4.06. The van der Waals surface area contributed by atoms with Crippen LogP contribution in [0.25, 0.3) is 11.1 Å². The molecule has 4 rings (SSSR count). The zero-order valence-electron chi connectivity index (χ0n) is 20.9. The maximum atomic E-state index is 12.6. The van der Waals surface area contributed by atoms with Crippen LogP contribution in [-0.4, -0.2) is 61.6 Å². The first-order valence-electron chi connectivity index (χ1n) is 12.3. The number of nitrogens with zero attached hydrogens (tertiary/aromatic N) is 1. The van der Waals surface area contributed by atoms with Crippen LogP contribution in [0.15, 0.2) is 78.9 Å². The van der Waals surface area contributed by atoms with Crippen molar-refractivity contribution in [3.05, 3.63) is 90.0 Å². The summed E-state index contributed by atoms with van der Waals surface area (Å²) in [5.41, 5.74) is 3.47. The average molecular weight is 542 g/mol. The molecule has 0 saturated carbocycles. The fourth-order valence-electron chi connectivity index (χ4n) is 4.06. The standard InChI is InChI=1S/C29H26F3NO6/c30-29(31,32)28(36)39-27(35)14-15-33-16-17-37-26(18-33)23-10-12-24(13-11-23)38-19-25(34)22-8-6-21(7-9-22)20-4-2-1-3-5-20/h1-13,26H,14-19H2. The number of rotatable bonds is 9. The van der Waals surface area contributed by atoms with Crippen LogP contribution in [0, 0.1) is 0 Å². The molecule has 0 spiro atoms. The first-order chi connectivity index (χ1) is 18.7. The summed E-state index contributed by atoms with van der Waals surface area (Å²) in [5, 5.41) is 0. The van der Waals surface area contributed by atoms with Crippen molar-refractivity contribution in [3.63, 3.8) is 0 Å². The van der Waals surface area contributed by atoms with E-state index in [4.69, 9.17) is 9.47 Å². The van der Waals surface area contributed by atoms with E-state index in [1.807, 2.05) is 47.4 Å². The Labute approximate surface area is 223 Å². The van der Waals surface area contributed by atoms with Gasteiger partial charge in [0, 0.05) is 25.2 Å². The number of halogens is 3. The number of carbonyl (C=O) groups is 3. The lowest BCUT2D eigenvalue weighted by Crippen LogP contribution is -2.39. The third kappa shape index (κ3) is 7.98. The first-order valence-corrected chi connectivity index (χ1v) is 12.3. The minimum Gasteiger partial charge on any atom is -0.485 e. The predicted molar refractivity (Wildman–Crippen MR) is 135 cm³/mol. The normalized spacial score (nSPS) is 15.9. The van der Waals surface area contributed by atoms with Gasteiger partial charge >= 0.3 is 18.1 Å². The Morgan fingerprint density at radius 1 is 0.897 bits per heavy atom. The van der Waals surface area contributed by atoms with Crippen molar-refractivity contribution < 1.29 is 41.8 Å². The van der Waals surface area contributed by atoms with Gasteiger partial charge in [-0.2, -0.15) is 13.2 Å². The summed E-state index contributed by atoms with van der Waals surface area (Å²) in [7, 11) is 0. The van der Waals surface area contributed by atoms with Gasteiger partial charge in [0.25, 0.3) is 0 Å². The zero-order chi connectivity index (χ0) is 27.8. The number of benzene rings is 3. The molecule has 0 N–H and O–H groups in total. The van der Waals surface area contributed by atoms with Crippen LogP contribution >= 0.6 is 0 Å². The van der Waals surface area contributed by atoms with Crippen molar-refractivity contribution >= 4 is 17.7 Å². The molecule has 0 bridgehead atoms. The zero-order valence-corrected chi connectivity index (χ0v) is 20.9. The molecule has 1 atom stereocenters. The molecular formula is C29H26F3NO6. The lowest BCUT2D eigenvalue weighted by molar-refractivity contribution is -0.202. The Morgan fingerprint density at radius 2 is 1.56 bits per heavy atom. The fraction of sp³-hybridized carbons (Fsp3) is 0.276. The van der Waals surface area contributed by atoms with Gasteiger partial charge in [0.1, 0.15) is 5.75 Å². The molecule has 1 saturated heterocycles. The molecule has 0 radical (unpaired) electrons. The van der Waals surface area contributed by atoms with Crippen molar-refractivity contribution in [2.75, 3.05) is 32.8 Å². The van der Waals surface area contributed by atoms with E-state index in [-0.39, 0.29) is 31.5 Å². The van der Waals surface area contributed by atoms with E-state index < -0.39 is 18.1 Å². The van der Waals surface area contributed by atoms with E-state index >= 15 is 0 Å². The Kier molecular flexibility index (Phi) is 9.11. The molecule has 3 aromatic carbocycles. The molecule has 1 heterocycles. The van der Waals surface area contributed by atoms with E-state index in [1.54, 1.807) is 36.4 Å². The van der Waals surface area contributed by atoms with E-state index in [9.17, 15) is 27.6 Å². The van der Waals surface area contributed by atoms with Gasteiger partial charge in [-0.15, -0.1) is 0 Å². The van der Waals surface area contributed by atoms with Crippen LogP contribution in [0.5, 0.6) is 5.75 Å². The predicted octanol–water partition coefficient (Wildman–Crippen LogP) is 5.01. The third-order valence-corrected chi connectivity index (χ3v) is 6.16. The first kappa shape index (κ1) is 28.0. The molecule has 1 fully saturated rings. The molecule has 39 heavy (non-hydrogen) atoms. The second-order valence-corrected chi connectivity index (χ2v) is 8.89. The number of alkyl halides is 3. The number of hydrogen-bond donors (Lipinski definition) is 0. The minimum atomic E-state index is -5.21. The monoisotopic (exact) mass is 541 g/mol. The highest BCUT2D eigenvalue weighted by atomic mass is 19.4. The molecular weight excluding hydrogens is 515 g/mol. The SMILES string of the molecule is O=C(CCN1CCOC(c2ccc(OCC(=O)c3ccc(-c4ccccc4)cc3)cc2)C1)OC(=O)C(F)(F)F. The second kappa shape index (κ2) is 12.7. The Balaban J connectivity index is 1.24. The molecule has 0 aliphatic carbocycles. The van der Waals surface area contributed by atoms with Gasteiger partial charge in [-0.1, -0.05) is 66.7 Å². The molecule has 3 aromatic rings. The molecule has 1 aliphatic heterocycles. The van der Waals surface area contributed by atoms with E-state index in [2.05, 4.69) is 4.74 Å². The van der Waals surface area contributed by atoms with Crippen molar-refractivity contribution in [2.45, 2.75) is 18.7 Å². The average Bonchev–Trinajstić information content (AvgIpc) is 2.95. The van der Waals surface area contributed by atoms with Crippen LogP contribution in [0.1, 0.15) is 28.4 Å². The van der Waals surface area contributed by atoms with Crippen LogP contribution in [-0.2, 0) is 19.1 Å². The number of Topliss-reactive ketones (excluding diaryl/α,β-unsaturated/α-hetero) is 1. The summed E-state index contributed by atoms with van der Waals surface area (Å²) in [6, 6.07) is 24.3. The van der Waals surface area contributed by atoms with Gasteiger partial charge in [-0.05, 0) is 28.8 Å². The number of esters is 2. The highest BCUT2D eigenvalue weighted by Crippen LogP contribution is 2.25. The lowest BCUT2D eigenvalue weighted by Gasteiger charge is -2.33. The second-order valence-electron chi connectivity index (χ2n) is 8.89. The van der Waals surface area contributed by atoms with Gasteiger partial charge < -0.3 is 14.2 Å². The van der Waals surface area contributed by atoms with Crippen molar-refractivity contribution in [3.8, 4) is 16.9 Å². The molecule has 204 valence electrons. The Bertz CT molecular complexity index is 1280. The van der Waals surface area contributed by atoms with Crippen LogP contribution in [0.3, 0.4) is 0 Å². The molecule has 10 heteroatoms. The van der Waals surface area contributed by atoms with E-state index in [0.29, 0.717) is 31.0 Å². The number of carbonyl (C=O) groups excluding carboxylic acids is 3. The maximum Gasteiger partial charge on any atom is 0.491 e. The third-order valence-electron chi connectivity index (χ3n) is 6.16. The molecule has 1 unspecified atom stereocenters. The van der Waals surface area contributed by atoms with Crippen LogP contribution in [0.4, 0.5) is 13.2 Å². The molecule has 0 aromatic heterocycles. The van der Waals surface area contributed by atoms with Crippen LogP contribution in [0.2, 0.25) is 0 Å². The highest BCUT2D eigenvalue weighted by Gasteiger charge is 2.42. The molecule has 7 nitrogen and oxygen atoms in total. The topological polar surface area (TPSA) is 82.1 Å². The van der Waals surface area contributed by atoms with Gasteiger partial charge in [0.05, 0.1) is 19.1 Å². The summed E-state index contributed by atoms with van der Waals surface area (Å²) >= 11 is 0. The number of ether oxygens (including phenoxy) is 3. The smallest absolute Gasteiger partial charge is 0.485 e. The molecule has 1 aliphatic rings. The summed E-state index contributed by atoms with van der Waals surface area (Å²) in [6.07, 6.45) is -5.90. The van der Waals surface area contributed by atoms with Crippen molar-refractivity contribution in [1.29, 1.82) is 0 Å². The van der Waals surface area contributed by atoms with E-state index in [1.165, 1.54) is 0 Å². The van der Waals surface area contributed by atoms with Crippen LogP contribution < -0.4 is 4.74 Å². The Hall–Kier alpha value is -4.02. The Morgan fingerprint density at radius 3 is 2.23 bits per heavy atom. The van der Waals surface area contributed by atoms with Gasteiger partial charge in [0.2, 0.25) is 0 Å². The summed E-state index contributed by atoms with van der Waals surface area (Å²) < 4.78 is 52.0. The highest BCUT2D eigenvalue weighted by molar-refractivity contribution is 5.97. The van der Waals surface area contributed by atoms with Gasteiger partial charge in [0.15, 0.2) is 12.4 Å². The van der Waals surface area contributed by atoms with Gasteiger partial charge in [-0.3, -0.25) is 14.5 Å². The van der Waals surface area contributed by atoms with Crippen molar-refractivity contribution in [2.24, 2.45) is 0 Å². The van der Waals surface area contributed by atoms with Crippen molar-refractivity contribution in [1.82, 2.24) is 4.90 Å². The van der Waals surface area contributed by atoms with Gasteiger partial charge in [-0.25, -0.2) is 4.79 Å². The number of hydrogen-bond acceptors (Lipinski definition) is 7.